The number of thiol groups is 1. The maximum absolute atomic E-state index is 4.59. The second-order valence-electron chi connectivity index (χ2n) is 3.48. The van der Waals surface area contributed by atoms with E-state index in [1.807, 2.05) is 0 Å². The van der Waals surface area contributed by atoms with Gasteiger partial charge in [-0.2, -0.15) is 12.6 Å². The van der Waals surface area contributed by atoms with Crippen molar-refractivity contribution in [1.29, 1.82) is 0 Å². The van der Waals surface area contributed by atoms with Crippen molar-refractivity contribution < 1.29 is 0 Å². The lowest BCUT2D eigenvalue weighted by Gasteiger charge is -2.17. The Kier molecular flexibility index (Phi) is 7.25. The van der Waals surface area contributed by atoms with Gasteiger partial charge in [-0.25, -0.2) is 0 Å². The topological polar surface area (TPSA) is 0 Å². The summed E-state index contributed by atoms with van der Waals surface area (Å²) in [6, 6.07) is 0. The molecule has 0 amide bonds. The molecular formula is C10H22S. The maximum Gasteiger partial charge on any atom is 0.00424 e. The molecule has 0 aromatic carbocycles. The second-order valence-corrected chi connectivity index (χ2v) is 4.14. The molecule has 2 atom stereocenters. The summed E-state index contributed by atoms with van der Waals surface area (Å²) in [7, 11) is 0. The van der Waals surface area contributed by atoms with E-state index in [9.17, 15) is 0 Å². The molecule has 0 nitrogen and oxygen atoms in total. The van der Waals surface area contributed by atoms with Gasteiger partial charge in [0.15, 0.2) is 0 Å². The SMILES string of the molecule is CCCCC(S)C(C)CCC. The van der Waals surface area contributed by atoms with E-state index in [1.165, 1.54) is 32.1 Å². The van der Waals surface area contributed by atoms with Gasteiger partial charge in [0.05, 0.1) is 0 Å². The molecule has 0 aromatic heterocycles. The molecule has 0 bridgehead atoms. The molecule has 0 saturated carbocycles. The fraction of sp³-hybridized carbons (Fsp3) is 1.00. The minimum Gasteiger partial charge on any atom is -0.176 e. The number of hydrogen-bond donors (Lipinski definition) is 1. The van der Waals surface area contributed by atoms with Crippen LogP contribution in [0.25, 0.3) is 0 Å². The summed E-state index contributed by atoms with van der Waals surface area (Å²) < 4.78 is 0. The summed E-state index contributed by atoms with van der Waals surface area (Å²) in [5, 5.41) is 0.634. The Hall–Kier alpha value is 0.350. The molecule has 68 valence electrons. The van der Waals surface area contributed by atoms with Crippen LogP contribution in [0.4, 0.5) is 0 Å². The lowest BCUT2D eigenvalue weighted by atomic mass is 9.98. The minimum atomic E-state index is 0.634. The highest BCUT2D eigenvalue weighted by atomic mass is 32.1. The standard InChI is InChI=1S/C10H22S/c1-4-6-8-10(11)9(3)7-5-2/h9-11H,4-8H2,1-3H3. The van der Waals surface area contributed by atoms with E-state index < -0.39 is 0 Å². The third kappa shape index (κ3) is 5.60. The normalized spacial score (nSPS) is 16.4. The Morgan fingerprint density at radius 2 is 1.73 bits per heavy atom. The summed E-state index contributed by atoms with van der Waals surface area (Å²) in [5.74, 6) is 0.801. The van der Waals surface area contributed by atoms with Crippen molar-refractivity contribution in [2.24, 2.45) is 5.92 Å². The summed E-state index contributed by atoms with van der Waals surface area (Å²) in [6.07, 6.45) is 6.56. The molecule has 2 unspecified atom stereocenters. The van der Waals surface area contributed by atoms with Crippen LogP contribution in [0.3, 0.4) is 0 Å². The first-order valence-corrected chi connectivity index (χ1v) is 5.42. The van der Waals surface area contributed by atoms with Gasteiger partial charge >= 0.3 is 0 Å². The highest BCUT2D eigenvalue weighted by Crippen LogP contribution is 2.20. The third-order valence-corrected chi connectivity index (χ3v) is 3.02. The fourth-order valence-electron chi connectivity index (χ4n) is 1.35. The van der Waals surface area contributed by atoms with Gasteiger partial charge in [0.1, 0.15) is 0 Å². The minimum absolute atomic E-state index is 0.634. The first kappa shape index (κ1) is 11.4. The average molecular weight is 174 g/mol. The van der Waals surface area contributed by atoms with Crippen LogP contribution in [0.15, 0.2) is 0 Å². The summed E-state index contributed by atoms with van der Waals surface area (Å²) >= 11 is 4.59. The van der Waals surface area contributed by atoms with Crippen molar-refractivity contribution in [3.05, 3.63) is 0 Å². The van der Waals surface area contributed by atoms with Crippen LogP contribution >= 0.6 is 12.6 Å². The Bertz CT molecular complexity index is 80.9. The zero-order valence-corrected chi connectivity index (χ0v) is 9.03. The molecule has 0 aliphatic heterocycles. The van der Waals surface area contributed by atoms with E-state index in [0.29, 0.717) is 5.25 Å². The molecule has 0 spiro atoms. The summed E-state index contributed by atoms with van der Waals surface area (Å²) in [5.41, 5.74) is 0. The number of unbranched alkanes of at least 4 members (excludes halogenated alkanes) is 1. The van der Waals surface area contributed by atoms with E-state index in [-0.39, 0.29) is 0 Å². The predicted octanol–water partition coefficient (Wildman–Crippen LogP) is 3.91. The average Bonchev–Trinajstić information content (AvgIpc) is 2.00. The Labute approximate surface area is 77.2 Å². The molecule has 0 aliphatic rings. The van der Waals surface area contributed by atoms with E-state index in [0.717, 1.165) is 5.92 Å². The quantitative estimate of drug-likeness (QED) is 0.580. The van der Waals surface area contributed by atoms with Crippen molar-refractivity contribution in [2.45, 2.75) is 58.1 Å². The molecule has 11 heavy (non-hydrogen) atoms. The van der Waals surface area contributed by atoms with Crippen LogP contribution < -0.4 is 0 Å². The van der Waals surface area contributed by atoms with Gasteiger partial charge in [-0.05, 0) is 18.8 Å². The zero-order chi connectivity index (χ0) is 8.69. The van der Waals surface area contributed by atoms with Crippen LogP contribution in [0.5, 0.6) is 0 Å². The van der Waals surface area contributed by atoms with Gasteiger partial charge in [-0.3, -0.25) is 0 Å². The Morgan fingerprint density at radius 3 is 2.18 bits per heavy atom. The van der Waals surface area contributed by atoms with Crippen molar-refractivity contribution in [3.8, 4) is 0 Å². The fourth-order valence-corrected chi connectivity index (χ4v) is 1.68. The van der Waals surface area contributed by atoms with Crippen LogP contribution in [0.2, 0.25) is 0 Å². The first-order chi connectivity index (χ1) is 5.22. The Morgan fingerprint density at radius 1 is 1.09 bits per heavy atom. The molecule has 0 rings (SSSR count). The highest BCUT2D eigenvalue weighted by Gasteiger charge is 2.10. The van der Waals surface area contributed by atoms with Crippen LogP contribution in [0.1, 0.15) is 52.9 Å². The number of hydrogen-bond acceptors (Lipinski definition) is 1. The van der Waals surface area contributed by atoms with Gasteiger partial charge in [0, 0.05) is 5.25 Å². The monoisotopic (exact) mass is 174 g/mol. The van der Waals surface area contributed by atoms with Gasteiger partial charge in [-0.1, -0.05) is 40.0 Å². The molecular weight excluding hydrogens is 152 g/mol. The Balaban J connectivity index is 3.38. The van der Waals surface area contributed by atoms with Crippen molar-refractivity contribution >= 4 is 12.6 Å². The van der Waals surface area contributed by atoms with Crippen LogP contribution in [0, 0.1) is 5.92 Å². The van der Waals surface area contributed by atoms with Gasteiger partial charge < -0.3 is 0 Å². The van der Waals surface area contributed by atoms with Crippen molar-refractivity contribution in [1.82, 2.24) is 0 Å². The summed E-state index contributed by atoms with van der Waals surface area (Å²) in [4.78, 5) is 0. The largest absolute Gasteiger partial charge is 0.176 e. The molecule has 1 heteroatoms. The van der Waals surface area contributed by atoms with E-state index in [2.05, 4.69) is 33.4 Å². The predicted molar refractivity (Wildman–Crippen MR) is 56.4 cm³/mol. The lowest BCUT2D eigenvalue weighted by molar-refractivity contribution is 0.475. The molecule has 0 N–H and O–H groups in total. The van der Waals surface area contributed by atoms with Gasteiger partial charge in [-0.15, -0.1) is 0 Å². The molecule has 0 fully saturated rings. The van der Waals surface area contributed by atoms with E-state index >= 15 is 0 Å². The highest BCUT2D eigenvalue weighted by molar-refractivity contribution is 7.81. The van der Waals surface area contributed by atoms with Crippen LogP contribution in [-0.2, 0) is 0 Å². The molecule has 0 aromatic rings. The molecule has 0 heterocycles. The lowest BCUT2D eigenvalue weighted by Crippen LogP contribution is -2.10. The van der Waals surface area contributed by atoms with E-state index in [4.69, 9.17) is 0 Å². The second kappa shape index (κ2) is 7.02. The maximum atomic E-state index is 4.59. The molecule has 0 aliphatic carbocycles. The first-order valence-electron chi connectivity index (χ1n) is 4.90. The third-order valence-electron chi connectivity index (χ3n) is 2.25. The van der Waals surface area contributed by atoms with Crippen molar-refractivity contribution in [2.75, 3.05) is 0 Å². The molecule has 0 saturated heterocycles. The van der Waals surface area contributed by atoms with E-state index in [1.54, 1.807) is 0 Å². The van der Waals surface area contributed by atoms with Gasteiger partial charge in [0.25, 0.3) is 0 Å². The summed E-state index contributed by atoms with van der Waals surface area (Å²) in [6.45, 7) is 6.80. The van der Waals surface area contributed by atoms with Crippen molar-refractivity contribution in [3.63, 3.8) is 0 Å². The van der Waals surface area contributed by atoms with Gasteiger partial charge in [0.2, 0.25) is 0 Å². The number of rotatable bonds is 6. The molecule has 0 radical (unpaired) electrons. The van der Waals surface area contributed by atoms with Crippen LogP contribution in [-0.4, -0.2) is 5.25 Å². The zero-order valence-electron chi connectivity index (χ0n) is 8.14. The smallest absolute Gasteiger partial charge is 0.00424 e.